The molecule has 1 aromatic carbocycles. The maximum Gasteiger partial charge on any atom is 0.234 e. The molecular weight excluding hydrogens is 307 g/mol. The second-order valence-electron chi connectivity index (χ2n) is 7.41. The molecule has 0 aromatic heterocycles. The molecule has 132 valence electrons. The number of hydrogen-bond acceptors (Lipinski definition) is 3. The average molecular weight is 334 g/mol. The van der Waals surface area contributed by atoms with Crippen LogP contribution in [0.25, 0.3) is 0 Å². The van der Waals surface area contributed by atoms with Gasteiger partial charge in [0.05, 0.1) is 12.6 Å². The Bertz CT molecular complexity index is 549. The van der Waals surface area contributed by atoms with E-state index in [1.165, 1.54) is 12.1 Å². The van der Waals surface area contributed by atoms with Crippen LogP contribution in [-0.4, -0.2) is 48.2 Å². The Kier molecular flexibility index (Phi) is 5.51. The van der Waals surface area contributed by atoms with Gasteiger partial charge in [-0.15, -0.1) is 0 Å². The fraction of sp³-hybridized carbons (Fsp3) is 0.632. The summed E-state index contributed by atoms with van der Waals surface area (Å²) in [6.07, 6.45) is 4.65. The minimum atomic E-state index is -0.238. The lowest BCUT2D eigenvalue weighted by Gasteiger charge is -2.24. The van der Waals surface area contributed by atoms with Gasteiger partial charge in [-0.2, -0.15) is 0 Å². The van der Waals surface area contributed by atoms with Gasteiger partial charge in [-0.25, -0.2) is 4.39 Å². The van der Waals surface area contributed by atoms with Crippen molar-refractivity contribution in [2.24, 2.45) is 11.8 Å². The number of carbonyl (C=O) groups is 1. The summed E-state index contributed by atoms with van der Waals surface area (Å²) in [5, 5.41) is 12.7. The zero-order valence-corrected chi connectivity index (χ0v) is 14.2. The van der Waals surface area contributed by atoms with Crippen LogP contribution in [0.15, 0.2) is 24.3 Å². The molecule has 0 bridgehead atoms. The predicted octanol–water partition coefficient (Wildman–Crippen LogP) is 1.97. The lowest BCUT2D eigenvalue weighted by atomic mass is 10.0. The topological polar surface area (TPSA) is 52.6 Å². The molecule has 4 atom stereocenters. The van der Waals surface area contributed by atoms with Gasteiger partial charge in [0, 0.05) is 12.6 Å². The van der Waals surface area contributed by atoms with Gasteiger partial charge in [0.2, 0.25) is 5.91 Å². The molecule has 0 spiro atoms. The number of nitrogens with zero attached hydrogens (tertiary/aromatic N) is 1. The first-order valence-electron chi connectivity index (χ1n) is 8.90. The lowest BCUT2D eigenvalue weighted by Crippen LogP contribution is -2.40. The van der Waals surface area contributed by atoms with Crippen LogP contribution < -0.4 is 5.32 Å². The normalized spacial score (nSPS) is 29.0. The molecule has 3 rings (SSSR count). The molecule has 1 amide bonds. The van der Waals surface area contributed by atoms with Crippen LogP contribution in [0, 0.1) is 17.7 Å². The van der Waals surface area contributed by atoms with Crippen molar-refractivity contribution < 1.29 is 14.3 Å². The molecule has 0 heterocycles. The number of aliphatic hydroxyl groups is 1. The summed E-state index contributed by atoms with van der Waals surface area (Å²) >= 11 is 0. The van der Waals surface area contributed by atoms with Crippen molar-refractivity contribution in [1.82, 2.24) is 10.2 Å². The quantitative estimate of drug-likeness (QED) is 0.836. The van der Waals surface area contributed by atoms with Crippen LogP contribution in [0.3, 0.4) is 0 Å². The number of benzene rings is 1. The van der Waals surface area contributed by atoms with E-state index in [2.05, 4.69) is 10.2 Å². The molecule has 2 fully saturated rings. The summed E-state index contributed by atoms with van der Waals surface area (Å²) in [7, 11) is 2.02. The number of halogens is 1. The van der Waals surface area contributed by atoms with E-state index in [0.717, 1.165) is 31.2 Å². The minimum absolute atomic E-state index is 0.0386. The fourth-order valence-corrected chi connectivity index (χ4v) is 4.32. The highest BCUT2D eigenvalue weighted by Crippen LogP contribution is 2.45. The largest absolute Gasteiger partial charge is 0.393 e. The molecule has 2 unspecified atom stereocenters. The standard InChI is InChI=1S/C19H27FN2O2/c1-22(17-8-14-10-18(23)11-15(14)9-17)12-19(24)21-7-6-13-2-4-16(20)5-3-13/h2-5,14-15,17-18,23H,6-12H2,1H3,(H,21,24)/t14-,15+,17?,18?. The average Bonchev–Trinajstić information content (AvgIpc) is 3.06. The third-order valence-corrected chi connectivity index (χ3v) is 5.63. The summed E-state index contributed by atoms with van der Waals surface area (Å²) in [6, 6.07) is 6.84. The molecule has 0 aliphatic heterocycles. The minimum Gasteiger partial charge on any atom is -0.393 e. The summed E-state index contributed by atoms with van der Waals surface area (Å²) in [5.74, 6) is 1.07. The van der Waals surface area contributed by atoms with Gasteiger partial charge in [0.25, 0.3) is 0 Å². The maximum absolute atomic E-state index is 12.8. The Morgan fingerprint density at radius 2 is 1.83 bits per heavy atom. The van der Waals surface area contributed by atoms with E-state index in [1.54, 1.807) is 12.1 Å². The zero-order chi connectivity index (χ0) is 17.1. The van der Waals surface area contributed by atoms with Crippen molar-refractivity contribution in [3.8, 4) is 0 Å². The van der Waals surface area contributed by atoms with Crippen LogP contribution in [0.2, 0.25) is 0 Å². The second-order valence-corrected chi connectivity index (χ2v) is 7.41. The van der Waals surface area contributed by atoms with Gasteiger partial charge >= 0.3 is 0 Å². The molecule has 4 nitrogen and oxygen atoms in total. The van der Waals surface area contributed by atoms with Crippen molar-refractivity contribution in [2.45, 2.75) is 44.2 Å². The van der Waals surface area contributed by atoms with E-state index in [9.17, 15) is 14.3 Å². The molecule has 2 N–H and O–H groups in total. The highest BCUT2D eigenvalue weighted by Gasteiger charge is 2.42. The van der Waals surface area contributed by atoms with E-state index >= 15 is 0 Å². The molecule has 1 aromatic rings. The highest BCUT2D eigenvalue weighted by atomic mass is 19.1. The summed E-state index contributed by atoms with van der Waals surface area (Å²) in [4.78, 5) is 14.3. The number of rotatable bonds is 6. The van der Waals surface area contributed by atoms with E-state index in [1.807, 2.05) is 7.05 Å². The molecule has 0 saturated heterocycles. The third kappa shape index (κ3) is 4.33. The predicted molar refractivity (Wildman–Crippen MR) is 91.0 cm³/mol. The van der Waals surface area contributed by atoms with Crippen molar-refractivity contribution in [3.05, 3.63) is 35.6 Å². The van der Waals surface area contributed by atoms with Crippen LogP contribution >= 0.6 is 0 Å². The molecule has 2 aliphatic carbocycles. The van der Waals surface area contributed by atoms with Crippen molar-refractivity contribution >= 4 is 5.91 Å². The smallest absolute Gasteiger partial charge is 0.234 e. The Hall–Kier alpha value is -1.46. The third-order valence-electron chi connectivity index (χ3n) is 5.63. The van der Waals surface area contributed by atoms with Gasteiger partial charge < -0.3 is 10.4 Å². The number of carbonyl (C=O) groups excluding carboxylic acids is 1. The van der Waals surface area contributed by atoms with E-state index in [-0.39, 0.29) is 17.8 Å². The van der Waals surface area contributed by atoms with Crippen LogP contribution in [0.4, 0.5) is 4.39 Å². The SMILES string of the molecule is CN(CC(=O)NCCc1ccc(F)cc1)C1C[C@H]2CC(O)C[C@H]2C1. The van der Waals surface area contributed by atoms with Gasteiger partial charge in [-0.1, -0.05) is 12.1 Å². The molecule has 2 aliphatic rings. The molecule has 24 heavy (non-hydrogen) atoms. The monoisotopic (exact) mass is 334 g/mol. The van der Waals surface area contributed by atoms with Crippen molar-refractivity contribution in [2.75, 3.05) is 20.1 Å². The lowest BCUT2D eigenvalue weighted by molar-refractivity contribution is -0.122. The van der Waals surface area contributed by atoms with Crippen molar-refractivity contribution in [1.29, 1.82) is 0 Å². The van der Waals surface area contributed by atoms with Crippen LogP contribution in [0.1, 0.15) is 31.2 Å². The van der Waals surface area contributed by atoms with Gasteiger partial charge in [-0.3, -0.25) is 9.69 Å². The first-order valence-corrected chi connectivity index (χ1v) is 8.90. The number of hydrogen-bond donors (Lipinski definition) is 2. The summed E-state index contributed by atoms with van der Waals surface area (Å²) in [6.45, 7) is 0.983. The molecule has 2 saturated carbocycles. The number of amides is 1. The highest BCUT2D eigenvalue weighted by molar-refractivity contribution is 5.78. The van der Waals surface area contributed by atoms with Gasteiger partial charge in [0.1, 0.15) is 5.82 Å². The van der Waals surface area contributed by atoms with Crippen LogP contribution in [-0.2, 0) is 11.2 Å². The number of fused-ring (bicyclic) bond motifs is 1. The first kappa shape index (κ1) is 17.4. The van der Waals surface area contributed by atoms with E-state index in [4.69, 9.17) is 0 Å². The van der Waals surface area contributed by atoms with Crippen LogP contribution in [0.5, 0.6) is 0 Å². The zero-order valence-electron chi connectivity index (χ0n) is 14.2. The summed E-state index contributed by atoms with van der Waals surface area (Å²) < 4.78 is 12.8. The number of likely N-dealkylation sites (N-methyl/N-ethyl adjacent to an activating group) is 1. The fourth-order valence-electron chi connectivity index (χ4n) is 4.32. The Morgan fingerprint density at radius 1 is 1.21 bits per heavy atom. The van der Waals surface area contributed by atoms with E-state index < -0.39 is 0 Å². The van der Waals surface area contributed by atoms with Crippen molar-refractivity contribution in [3.63, 3.8) is 0 Å². The number of aliphatic hydroxyl groups excluding tert-OH is 1. The Labute approximate surface area is 143 Å². The number of nitrogens with one attached hydrogen (secondary N) is 1. The van der Waals surface area contributed by atoms with E-state index in [0.29, 0.717) is 37.4 Å². The molecule has 5 heteroatoms. The Morgan fingerprint density at radius 3 is 2.46 bits per heavy atom. The van der Waals surface area contributed by atoms with Gasteiger partial charge in [0.15, 0.2) is 0 Å². The molecular formula is C19H27FN2O2. The summed E-state index contributed by atoms with van der Waals surface area (Å²) in [5.41, 5.74) is 1.02. The second kappa shape index (κ2) is 7.62. The Balaban J connectivity index is 1.36. The molecule has 0 radical (unpaired) electrons. The first-order chi connectivity index (χ1) is 11.5. The maximum atomic E-state index is 12.8. The van der Waals surface area contributed by atoms with Gasteiger partial charge in [-0.05, 0) is 68.7 Å².